The normalized spacial score (nSPS) is 10.9. The van der Waals surface area contributed by atoms with E-state index in [1.807, 2.05) is 7.05 Å². The number of aliphatic hydroxyl groups excluding tert-OH is 1. The number of esters is 2. The molecule has 1 N–H and O–H groups in total. The summed E-state index contributed by atoms with van der Waals surface area (Å²) in [6, 6.07) is 0. The Morgan fingerprint density at radius 1 is 0.800 bits per heavy atom. The molecule has 0 aliphatic rings. The number of likely N-dealkylation sites (N-methyl/N-ethyl adjacent to an activating group) is 1. The number of methoxy groups -OCH3 is 1. The summed E-state index contributed by atoms with van der Waals surface area (Å²) < 4.78 is 9.79. The van der Waals surface area contributed by atoms with Crippen LogP contribution >= 0.6 is 0 Å². The first-order valence-corrected chi connectivity index (χ1v) is 9.62. The molecule has 0 spiro atoms. The largest absolute Gasteiger partial charge is 0.469 e. The molecule has 25 heavy (non-hydrogen) atoms. The van der Waals surface area contributed by atoms with Crippen LogP contribution in [-0.4, -0.2) is 62.4 Å². The maximum Gasteiger partial charge on any atom is 0.305 e. The average Bonchev–Trinajstić information content (AvgIpc) is 2.60. The van der Waals surface area contributed by atoms with Gasteiger partial charge in [0.15, 0.2) is 0 Å². The van der Waals surface area contributed by atoms with Crippen LogP contribution in [0.1, 0.15) is 70.6 Å². The third kappa shape index (κ3) is 17.5. The van der Waals surface area contributed by atoms with Crippen molar-refractivity contribution >= 4 is 11.9 Å². The molecule has 0 bridgehead atoms. The zero-order valence-electron chi connectivity index (χ0n) is 16.1. The Kier molecular flexibility index (Phi) is 16.9. The number of rotatable bonds is 17. The number of nitrogens with zero attached hydrogens (tertiary/aromatic N) is 1. The van der Waals surface area contributed by atoms with E-state index in [1.54, 1.807) is 0 Å². The highest BCUT2D eigenvalue weighted by Crippen LogP contribution is 2.08. The van der Waals surface area contributed by atoms with Crippen LogP contribution in [0.25, 0.3) is 0 Å². The topological polar surface area (TPSA) is 76.1 Å². The monoisotopic (exact) mass is 359 g/mol. The molecular formula is C19H37NO5. The SMILES string of the molecule is COC(=O)CCCCCCOC(=O)CCCCCCCN(C)CCO. The molecule has 0 fully saturated rings. The van der Waals surface area contributed by atoms with Crippen LogP contribution in [-0.2, 0) is 19.1 Å². The summed E-state index contributed by atoms with van der Waals surface area (Å²) in [5.41, 5.74) is 0. The fourth-order valence-corrected chi connectivity index (χ4v) is 2.55. The third-order valence-corrected chi connectivity index (χ3v) is 4.17. The van der Waals surface area contributed by atoms with Gasteiger partial charge in [-0.25, -0.2) is 0 Å². The van der Waals surface area contributed by atoms with Crippen LogP contribution < -0.4 is 0 Å². The molecule has 6 nitrogen and oxygen atoms in total. The molecule has 0 atom stereocenters. The highest BCUT2D eigenvalue weighted by molar-refractivity contribution is 5.69. The zero-order valence-corrected chi connectivity index (χ0v) is 16.1. The standard InChI is InChI=1S/C19H37NO5/c1-20(15-16-21)14-10-6-3-4-9-13-19(23)25-17-11-7-5-8-12-18(22)24-2/h21H,3-17H2,1-2H3. The summed E-state index contributed by atoms with van der Waals surface area (Å²) in [6.45, 7) is 2.44. The van der Waals surface area contributed by atoms with E-state index < -0.39 is 0 Å². The quantitative estimate of drug-likeness (QED) is 0.318. The number of hydrogen-bond donors (Lipinski definition) is 1. The molecule has 0 heterocycles. The van der Waals surface area contributed by atoms with Crippen LogP contribution in [0.5, 0.6) is 0 Å². The maximum atomic E-state index is 11.6. The van der Waals surface area contributed by atoms with Crippen molar-refractivity contribution in [1.29, 1.82) is 0 Å². The molecule has 148 valence electrons. The van der Waals surface area contributed by atoms with Crippen molar-refractivity contribution in [3.8, 4) is 0 Å². The molecule has 0 aliphatic heterocycles. The number of carbonyl (C=O) groups excluding carboxylic acids is 2. The van der Waals surface area contributed by atoms with Crippen LogP contribution in [0.3, 0.4) is 0 Å². The smallest absolute Gasteiger partial charge is 0.305 e. The Balaban J connectivity index is 3.27. The molecule has 0 aromatic heterocycles. The summed E-state index contributed by atoms with van der Waals surface area (Å²) in [4.78, 5) is 24.7. The zero-order chi connectivity index (χ0) is 18.8. The van der Waals surface area contributed by atoms with Crippen molar-refractivity contribution in [3.63, 3.8) is 0 Å². The van der Waals surface area contributed by atoms with E-state index in [-0.39, 0.29) is 18.5 Å². The van der Waals surface area contributed by atoms with E-state index in [2.05, 4.69) is 9.64 Å². The Labute approximate surface area is 152 Å². The number of ether oxygens (including phenoxy) is 2. The molecule has 0 aliphatic carbocycles. The minimum atomic E-state index is -0.163. The molecular weight excluding hydrogens is 322 g/mol. The lowest BCUT2D eigenvalue weighted by Gasteiger charge is -2.14. The van der Waals surface area contributed by atoms with E-state index in [0.717, 1.165) is 70.9 Å². The van der Waals surface area contributed by atoms with Crippen molar-refractivity contribution in [2.75, 3.05) is 40.5 Å². The van der Waals surface area contributed by atoms with Gasteiger partial charge in [0.2, 0.25) is 0 Å². The first-order chi connectivity index (χ1) is 12.1. The van der Waals surface area contributed by atoms with Gasteiger partial charge in [0, 0.05) is 19.4 Å². The van der Waals surface area contributed by atoms with Gasteiger partial charge in [0.05, 0.1) is 20.3 Å². The fourth-order valence-electron chi connectivity index (χ4n) is 2.55. The predicted octanol–water partition coefficient (Wildman–Crippen LogP) is 2.92. The Hall–Kier alpha value is -1.14. The van der Waals surface area contributed by atoms with E-state index in [9.17, 15) is 9.59 Å². The van der Waals surface area contributed by atoms with Gasteiger partial charge in [-0.2, -0.15) is 0 Å². The summed E-state index contributed by atoms with van der Waals surface area (Å²) in [6.07, 6.45) is 9.98. The van der Waals surface area contributed by atoms with Gasteiger partial charge in [0.25, 0.3) is 0 Å². The van der Waals surface area contributed by atoms with Gasteiger partial charge in [-0.05, 0) is 39.3 Å². The number of hydrogen-bond acceptors (Lipinski definition) is 6. The summed E-state index contributed by atoms with van der Waals surface area (Å²) in [5, 5.41) is 8.80. The Morgan fingerprint density at radius 2 is 1.36 bits per heavy atom. The average molecular weight is 360 g/mol. The van der Waals surface area contributed by atoms with Gasteiger partial charge in [-0.15, -0.1) is 0 Å². The van der Waals surface area contributed by atoms with Crippen LogP contribution in [0.2, 0.25) is 0 Å². The van der Waals surface area contributed by atoms with Gasteiger partial charge in [-0.3, -0.25) is 9.59 Å². The molecule has 0 aromatic carbocycles. The van der Waals surface area contributed by atoms with Crippen LogP contribution in [0.4, 0.5) is 0 Å². The lowest BCUT2D eigenvalue weighted by Crippen LogP contribution is -2.23. The summed E-state index contributed by atoms with van der Waals surface area (Å²) in [7, 11) is 3.42. The minimum absolute atomic E-state index is 0.0998. The highest BCUT2D eigenvalue weighted by atomic mass is 16.5. The van der Waals surface area contributed by atoms with Crippen LogP contribution in [0.15, 0.2) is 0 Å². The van der Waals surface area contributed by atoms with Crippen molar-refractivity contribution in [1.82, 2.24) is 4.90 Å². The van der Waals surface area contributed by atoms with E-state index in [0.29, 0.717) is 19.4 Å². The van der Waals surface area contributed by atoms with Crippen molar-refractivity contribution in [2.24, 2.45) is 0 Å². The van der Waals surface area contributed by atoms with E-state index in [4.69, 9.17) is 9.84 Å². The molecule has 0 radical (unpaired) electrons. The molecule has 6 heteroatoms. The second-order valence-corrected chi connectivity index (χ2v) is 6.51. The Morgan fingerprint density at radius 3 is 2.00 bits per heavy atom. The van der Waals surface area contributed by atoms with Crippen LogP contribution in [0, 0.1) is 0 Å². The second kappa shape index (κ2) is 17.7. The summed E-state index contributed by atoms with van der Waals surface area (Å²) >= 11 is 0. The first kappa shape index (κ1) is 23.9. The second-order valence-electron chi connectivity index (χ2n) is 6.51. The van der Waals surface area contributed by atoms with E-state index >= 15 is 0 Å². The van der Waals surface area contributed by atoms with Crippen molar-refractivity contribution in [3.05, 3.63) is 0 Å². The third-order valence-electron chi connectivity index (χ3n) is 4.17. The molecule has 0 saturated carbocycles. The molecule has 0 aromatic rings. The number of unbranched alkanes of at least 4 members (excludes halogenated alkanes) is 7. The van der Waals surface area contributed by atoms with Crippen molar-refractivity contribution < 1.29 is 24.2 Å². The molecule has 0 unspecified atom stereocenters. The Bertz CT molecular complexity index is 336. The molecule has 0 rings (SSSR count). The van der Waals surface area contributed by atoms with Gasteiger partial charge in [0.1, 0.15) is 0 Å². The number of carbonyl (C=O) groups is 2. The number of aliphatic hydroxyl groups is 1. The lowest BCUT2D eigenvalue weighted by molar-refractivity contribution is -0.144. The highest BCUT2D eigenvalue weighted by Gasteiger charge is 2.03. The van der Waals surface area contributed by atoms with Gasteiger partial charge >= 0.3 is 11.9 Å². The van der Waals surface area contributed by atoms with Gasteiger partial charge < -0.3 is 19.5 Å². The molecule has 0 saturated heterocycles. The minimum Gasteiger partial charge on any atom is -0.469 e. The lowest BCUT2D eigenvalue weighted by atomic mass is 10.1. The van der Waals surface area contributed by atoms with E-state index in [1.165, 1.54) is 7.11 Å². The summed E-state index contributed by atoms with van der Waals surface area (Å²) in [5.74, 6) is -0.263. The van der Waals surface area contributed by atoms with Gasteiger partial charge in [-0.1, -0.05) is 32.1 Å². The predicted molar refractivity (Wildman–Crippen MR) is 98.3 cm³/mol. The first-order valence-electron chi connectivity index (χ1n) is 9.62. The fraction of sp³-hybridized carbons (Fsp3) is 0.895. The molecule has 0 amide bonds. The van der Waals surface area contributed by atoms with Crippen molar-refractivity contribution in [2.45, 2.75) is 70.6 Å². The maximum absolute atomic E-state index is 11.6.